The van der Waals surface area contributed by atoms with E-state index in [0.717, 1.165) is 16.8 Å². The summed E-state index contributed by atoms with van der Waals surface area (Å²) in [6.45, 7) is 2.39. The van der Waals surface area contributed by atoms with E-state index in [1.165, 1.54) is 25.8 Å². The van der Waals surface area contributed by atoms with Crippen molar-refractivity contribution in [2.45, 2.75) is 61.9 Å². The van der Waals surface area contributed by atoms with Crippen LogP contribution in [0.5, 0.6) is 0 Å². The van der Waals surface area contributed by atoms with Crippen LogP contribution in [0.15, 0.2) is 54.9 Å². The van der Waals surface area contributed by atoms with E-state index in [1.807, 2.05) is 6.26 Å². The van der Waals surface area contributed by atoms with Crippen LogP contribution in [-0.4, -0.2) is 55.1 Å². The zero-order valence-corrected chi connectivity index (χ0v) is 31.6. The zero-order valence-electron chi connectivity index (χ0n) is 29.2. The Morgan fingerprint density at radius 2 is 1.78 bits per heavy atom. The first-order chi connectivity index (χ1) is 25.4. The molecule has 1 fully saturated rings. The van der Waals surface area contributed by atoms with Gasteiger partial charge in [0.2, 0.25) is 5.91 Å². The third-order valence-corrected chi connectivity index (χ3v) is 12.4. The van der Waals surface area contributed by atoms with Gasteiger partial charge in [-0.25, -0.2) is 22.2 Å². The van der Waals surface area contributed by atoms with E-state index >= 15 is 0 Å². The molecule has 2 aromatic carbocycles. The molecular weight excluding hydrogens is 773 g/mol. The molecule has 0 aliphatic heterocycles. The Balaban J connectivity index is 1.52. The minimum atomic E-state index is -4.69. The molecule has 54 heavy (non-hydrogen) atoms. The number of hydrogen-bond donors (Lipinski definition) is 2. The number of aryl methyl sites for hydroxylation is 1. The molecule has 0 radical (unpaired) electrons. The van der Waals surface area contributed by atoms with Crippen LogP contribution < -0.4 is 10.0 Å². The van der Waals surface area contributed by atoms with E-state index in [0.29, 0.717) is 64.2 Å². The largest absolute Gasteiger partial charge is 0.419 e. The molecule has 284 valence electrons. The van der Waals surface area contributed by atoms with Crippen LogP contribution in [0.3, 0.4) is 0 Å². The molecule has 0 saturated heterocycles. The number of sulfone groups is 1. The molecule has 6 rings (SSSR count). The Morgan fingerprint density at radius 3 is 2.41 bits per heavy atom. The van der Waals surface area contributed by atoms with Gasteiger partial charge in [-0.15, -0.1) is 0 Å². The van der Waals surface area contributed by atoms with Gasteiger partial charge in [0.05, 0.1) is 44.7 Å². The third kappa shape index (κ3) is 8.20. The van der Waals surface area contributed by atoms with Gasteiger partial charge in [0.25, 0.3) is 0 Å². The van der Waals surface area contributed by atoms with Gasteiger partial charge >= 0.3 is 6.18 Å². The van der Waals surface area contributed by atoms with E-state index in [9.17, 15) is 35.2 Å². The predicted octanol–water partition coefficient (Wildman–Crippen LogP) is 7.28. The lowest BCUT2D eigenvalue weighted by atomic mass is 9.93. The molecule has 1 amide bonds. The van der Waals surface area contributed by atoms with E-state index < -0.39 is 61.7 Å². The van der Waals surface area contributed by atoms with Crippen LogP contribution in [0, 0.1) is 23.5 Å². The van der Waals surface area contributed by atoms with Crippen LogP contribution in [-0.2, 0) is 40.8 Å². The average molecular weight is 806 g/mol. The summed E-state index contributed by atoms with van der Waals surface area (Å²) < 4.78 is 99.2. The van der Waals surface area contributed by atoms with Crippen LogP contribution in [0.2, 0.25) is 5.02 Å². The van der Waals surface area contributed by atoms with Gasteiger partial charge in [-0.05, 0) is 74.9 Å². The molecule has 3 aromatic heterocycles. The number of rotatable bonds is 11. The Morgan fingerprint density at radius 1 is 1.09 bits per heavy atom. The highest BCUT2D eigenvalue weighted by molar-refractivity contribution is 7.99. The van der Waals surface area contributed by atoms with E-state index in [-0.39, 0.29) is 23.4 Å². The summed E-state index contributed by atoms with van der Waals surface area (Å²) in [6.07, 6.45) is -0.721. The highest BCUT2D eigenvalue weighted by atomic mass is 35.5. The van der Waals surface area contributed by atoms with Crippen LogP contribution in [0.1, 0.15) is 55.2 Å². The standard InChI is InChI=1S/C36H33ClF5N7O3S2/c1-35(2,54(51,52)25-6-7-25)12-11-24-5-8-26(27-9-10-28(37)31-33(27)48(3)46-34(31)47-53-4)32(44-24)29(15-20-13-22(38)16-23(39)14-20)45-30(50)19-49-18-21(17-43-49)36(40,41)42/h5,8-10,13-14,16-18,25,29H,6-7,15,19H2,1-4H3,(H,45,50)(H,46,47)/t29-/m0/s1. The van der Waals surface area contributed by atoms with Gasteiger partial charge < -0.3 is 10.0 Å². The normalized spacial score (nSPS) is 14.1. The lowest BCUT2D eigenvalue weighted by molar-refractivity contribution is -0.137. The summed E-state index contributed by atoms with van der Waals surface area (Å²) in [4.78, 5) is 18.4. The number of halogens is 6. The maximum Gasteiger partial charge on any atom is 0.419 e. The van der Waals surface area contributed by atoms with Gasteiger partial charge in [-0.2, -0.15) is 23.4 Å². The molecule has 1 atom stereocenters. The number of fused-ring (bicyclic) bond motifs is 1. The number of anilines is 1. The van der Waals surface area contributed by atoms with Gasteiger partial charge in [0.15, 0.2) is 15.7 Å². The van der Waals surface area contributed by atoms with Crippen molar-refractivity contribution in [2.24, 2.45) is 7.05 Å². The number of benzene rings is 2. The number of hydrogen-bond acceptors (Lipinski definition) is 8. The molecule has 0 bridgehead atoms. The number of amides is 1. The predicted molar refractivity (Wildman–Crippen MR) is 197 cm³/mol. The minimum Gasteiger partial charge on any atom is -0.346 e. The van der Waals surface area contributed by atoms with Crippen LogP contribution in [0.4, 0.5) is 27.8 Å². The SMILES string of the molecule is CSNc1nn(C)c2c(-c3ccc(C#CC(C)(C)S(=O)(=O)C4CC4)nc3[C@H](Cc3cc(F)cc(F)c3)NC(=O)Cn3cc(C(F)(F)F)cn3)ccc(Cl)c12. The van der Waals surface area contributed by atoms with Crippen LogP contribution >= 0.6 is 23.5 Å². The second-order valence-corrected chi connectivity index (χ2v) is 17.1. The molecule has 5 aromatic rings. The number of alkyl halides is 3. The number of carbonyl (C=O) groups is 1. The number of pyridine rings is 1. The topological polar surface area (TPSA) is 124 Å². The van der Waals surface area contributed by atoms with Crippen molar-refractivity contribution in [1.82, 2.24) is 29.9 Å². The smallest absolute Gasteiger partial charge is 0.346 e. The van der Waals surface area contributed by atoms with Crippen LogP contribution in [0.25, 0.3) is 22.0 Å². The Hall–Kier alpha value is -4.66. The second kappa shape index (κ2) is 14.9. The molecule has 1 aliphatic rings. The van der Waals surface area contributed by atoms with Gasteiger partial charge in [-0.1, -0.05) is 35.5 Å². The molecule has 2 N–H and O–H groups in total. The minimum absolute atomic E-state index is 0.124. The Kier molecular flexibility index (Phi) is 10.8. The van der Waals surface area contributed by atoms with Crippen molar-refractivity contribution in [1.29, 1.82) is 0 Å². The quantitative estimate of drug-likeness (QED) is 0.0812. The van der Waals surface area contributed by atoms with Gasteiger partial charge in [-0.3, -0.25) is 14.2 Å². The van der Waals surface area contributed by atoms with Crippen molar-refractivity contribution < 1.29 is 35.2 Å². The van der Waals surface area contributed by atoms with E-state index in [4.69, 9.17) is 16.6 Å². The highest BCUT2D eigenvalue weighted by Crippen LogP contribution is 2.40. The zero-order chi connectivity index (χ0) is 39.2. The summed E-state index contributed by atoms with van der Waals surface area (Å²) in [5.41, 5.74) is 0.890. The molecule has 1 saturated carbocycles. The molecular formula is C36H33ClF5N7O3S2. The first-order valence-electron chi connectivity index (χ1n) is 16.4. The van der Waals surface area contributed by atoms with Crippen molar-refractivity contribution >= 4 is 56.0 Å². The second-order valence-electron chi connectivity index (χ2n) is 13.3. The summed E-state index contributed by atoms with van der Waals surface area (Å²) in [5, 5.41) is 11.5. The highest BCUT2D eigenvalue weighted by Gasteiger charge is 2.45. The van der Waals surface area contributed by atoms with Crippen molar-refractivity contribution in [3.63, 3.8) is 0 Å². The lowest BCUT2D eigenvalue weighted by Crippen LogP contribution is -2.34. The molecule has 0 unspecified atom stereocenters. The maximum absolute atomic E-state index is 14.5. The number of nitrogens with zero attached hydrogens (tertiary/aromatic N) is 5. The average Bonchev–Trinajstić information content (AvgIpc) is 3.76. The summed E-state index contributed by atoms with van der Waals surface area (Å²) in [7, 11) is -1.88. The molecule has 0 spiro atoms. The maximum atomic E-state index is 14.5. The summed E-state index contributed by atoms with van der Waals surface area (Å²) in [6, 6.07) is 8.31. The van der Waals surface area contributed by atoms with E-state index in [2.05, 4.69) is 32.1 Å². The molecule has 10 nitrogen and oxygen atoms in total. The Labute approximate surface area is 316 Å². The Bertz CT molecular complexity index is 2410. The first kappa shape index (κ1) is 39.0. The number of carbonyl (C=O) groups excluding carboxylic acids is 1. The van der Waals surface area contributed by atoms with Crippen molar-refractivity contribution in [3.8, 4) is 23.0 Å². The number of aromatic nitrogens is 5. The fourth-order valence-corrected chi connectivity index (χ4v) is 8.41. The van der Waals surface area contributed by atoms with Crippen molar-refractivity contribution in [2.75, 3.05) is 11.0 Å². The number of nitrogens with one attached hydrogen (secondary N) is 2. The lowest BCUT2D eigenvalue weighted by Gasteiger charge is -2.23. The summed E-state index contributed by atoms with van der Waals surface area (Å²) >= 11 is 7.96. The molecule has 3 heterocycles. The van der Waals surface area contributed by atoms with Gasteiger partial charge in [0, 0.05) is 36.7 Å². The third-order valence-electron chi connectivity index (χ3n) is 8.81. The fourth-order valence-electron chi connectivity index (χ4n) is 6.05. The molecule has 1 aliphatic carbocycles. The van der Waals surface area contributed by atoms with Gasteiger partial charge in [0.1, 0.15) is 28.6 Å². The monoisotopic (exact) mass is 805 g/mol. The first-order valence-corrected chi connectivity index (χ1v) is 19.6. The van der Waals surface area contributed by atoms with E-state index in [1.54, 1.807) is 36.0 Å². The molecule has 18 heteroatoms. The van der Waals surface area contributed by atoms with Crippen molar-refractivity contribution in [3.05, 3.63) is 94.0 Å². The summed E-state index contributed by atoms with van der Waals surface area (Å²) in [5.74, 6) is 3.66. The fraction of sp³-hybridized carbons (Fsp3) is 0.333.